The Hall–Kier alpha value is -1.04. The first-order valence-electron chi connectivity index (χ1n) is 5.64. The van der Waals surface area contributed by atoms with Crippen LogP contribution < -0.4 is 10.5 Å². The van der Waals surface area contributed by atoms with Gasteiger partial charge in [0.1, 0.15) is 17.3 Å². The number of nitrogens with two attached hydrogens (primary N) is 1. The molecule has 0 atom stereocenters. The van der Waals surface area contributed by atoms with Gasteiger partial charge in [-0.1, -0.05) is 6.07 Å². The quantitative estimate of drug-likeness (QED) is 0.828. The van der Waals surface area contributed by atoms with Crippen molar-refractivity contribution in [3.63, 3.8) is 0 Å². The second-order valence-corrected chi connectivity index (χ2v) is 5.52. The summed E-state index contributed by atoms with van der Waals surface area (Å²) in [6, 6.07) is 10.1. The number of benzene rings is 2. The number of hydrogen-bond acceptors (Lipinski definition) is 3. The Kier molecular flexibility index (Phi) is 4.85. The zero-order valence-electron chi connectivity index (χ0n) is 10.3. The molecule has 0 amide bonds. The van der Waals surface area contributed by atoms with Crippen LogP contribution in [0.1, 0.15) is 5.56 Å². The van der Waals surface area contributed by atoms with Crippen LogP contribution in [0.3, 0.4) is 0 Å². The van der Waals surface area contributed by atoms with Crippen LogP contribution in [-0.4, -0.2) is 6.26 Å². The molecule has 2 nitrogen and oxygen atoms in total. The van der Waals surface area contributed by atoms with Crippen LogP contribution in [0.5, 0.6) is 11.5 Å². The molecule has 0 saturated heterocycles. The van der Waals surface area contributed by atoms with Gasteiger partial charge in [0.15, 0.2) is 0 Å². The monoisotopic (exact) mass is 341 g/mol. The topological polar surface area (TPSA) is 35.2 Å². The molecule has 5 heteroatoms. The minimum Gasteiger partial charge on any atom is -0.456 e. The van der Waals surface area contributed by atoms with Crippen LogP contribution in [0.4, 0.5) is 4.39 Å². The molecule has 0 fully saturated rings. The summed E-state index contributed by atoms with van der Waals surface area (Å²) in [6.07, 6.45) is 1.99. The van der Waals surface area contributed by atoms with Gasteiger partial charge in [-0.3, -0.25) is 0 Å². The molecule has 0 bridgehead atoms. The first kappa shape index (κ1) is 14.4. The van der Waals surface area contributed by atoms with Gasteiger partial charge in [0.2, 0.25) is 0 Å². The van der Waals surface area contributed by atoms with Crippen molar-refractivity contribution >= 4 is 27.7 Å². The SMILES string of the molecule is CSc1cccc(Oc2ccc(F)cc2Br)c1CN. The Bertz CT molecular complexity index is 592. The fourth-order valence-corrected chi connectivity index (χ4v) is 2.79. The molecular weight excluding hydrogens is 329 g/mol. The fourth-order valence-electron chi connectivity index (χ4n) is 1.71. The Balaban J connectivity index is 2.37. The molecule has 0 aliphatic carbocycles. The van der Waals surface area contributed by atoms with Crippen molar-refractivity contribution in [1.29, 1.82) is 0 Å². The van der Waals surface area contributed by atoms with Crippen molar-refractivity contribution in [3.8, 4) is 11.5 Å². The van der Waals surface area contributed by atoms with E-state index in [1.807, 2.05) is 24.5 Å². The molecule has 0 saturated carbocycles. The van der Waals surface area contributed by atoms with Gasteiger partial charge in [-0.05, 0) is 52.5 Å². The predicted molar refractivity (Wildman–Crippen MR) is 80.3 cm³/mol. The lowest BCUT2D eigenvalue weighted by Crippen LogP contribution is -2.01. The Morgan fingerprint density at radius 3 is 2.68 bits per heavy atom. The highest BCUT2D eigenvalue weighted by Crippen LogP contribution is 2.35. The van der Waals surface area contributed by atoms with Crippen LogP contribution >= 0.6 is 27.7 Å². The molecule has 19 heavy (non-hydrogen) atoms. The minimum atomic E-state index is -0.309. The van der Waals surface area contributed by atoms with E-state index in [0.29, 0.717) is 22.5 Å². The second kappa shape index (κ2) is 6.41. The molecule has 0 spiro atoms. The highest BCUT2D eigenvalue weighted by molar-refractivity contribution is 9.10. The van der Waals surface area contributed by atoms with Crippen LogP contribution in [0.15, 0.2) is 45.8 Å². The van der Waals surface area contributed by atoms with Crippen LogP contribution in [0.25, 0.3) is 0 Å². The molecule has 0 radical (unpaired) electrons. The summed E-state index contributed by atoms with van der Waals surface area (Å²) in [4.78, 5) is 1.08. The molecule has 2 aromatic carbocycles. The first-order valence-corrected chi connectivity index (χ1v) is 7.66. The highest BCUT2D eigenvalue weighted by atomic mass is 79.9. The van der Waals surface area contributed by atoms with Crippen molar-refractivity contribution in [2.45, 2.75) is 11.4 Å². The van der Waals surface area contributed by atoms with Gasteiger partial charge in [0.05, 0.1) is 4.47 Å². The molecule has 2 rings (SSSR count). The third-order valence-electron chi connectivity index (χ3n) is 2.63. The van der Waals surface area contributed by atoms with Crippen LogP contribution in [-0.2, 0) is 6.54 Å². The minimum absolute atomic E-state index is 0.309. The van der Waals surface area contributed by atoms with Gasteiger partial charge in [0.25, 0.3) is 0 Å². The van der Waals surface area contributed by atoms with Gasteiger partial charge < -0.3 is 10.5 Å². The average Bonchev–Trinajstić information content (AvgIpc) is 2.41. The maximum atomic E-state index is 13.0. The van der Waals surface area contributed by atoms with Gasteiger partial charge in [-0.25, -0.2) is 4.39 Å². The van der Waals surface area contributed by atoms with E-state index in [1.165, 1.54) is 12.1 Å². The molecule has 2 aromatic rings. The Morgan fingerprint density at radius 1 is 1.26 bits per heavy atom. The molecule has 0 aliphatic heterocycles. The van der Waals surface area contributed by atoms with Gasteiger partial charge in [0, 0.05) is 17.0 Å². The number of hydrogen-bond donors (Lipinski definition) is 1. The van der Waals surface area contributed by atoms with Crippen LogP contribution in [0.2, 0.25) is 0 Å². The average molecular weight is 342 g/mol. The third kappa shape index (κ3) is 3.29. The summed E-state index contributed by atoms with van der Waals surface area (Å²) in [6.45, 7) is 0.394. The lowest BCUT2D eigenvalue weighted by atomic mass is 10.2. The predicted octanol–water partition coefficient (Wildman–Crippen LogP) is 4.56. The molecule has 2 N–H and O–H groups in total. The van der Waals surface area contributed by atoms with Gasteiger partial charge >= 0.3 is 0 Å². The number of halogens is 2. The van der Waals surface area contributed by atoms with Crippen molar-refractivity contribution in [2.24, 2.45) is 5.73 Å². The summed E-state index contributed by atoms with van der Waals surface area (Å²) < 4.78 is 19.4. The number of rotatable bonds is 4. The Morgan fingerprint density at radius 2 is 2.05 bits per heavy atom. The maximum absolute atomic E-state index is 13.0. The summed E-state index contributed by atoms with van der Waals surface area (Å²) in [5, 5.41) is 0. The largest absolute Gasteiger partial charge is 0.456 e. The third-order valence-corrected chi connectivity index (χ3v) is 4.07. The molecule has 0 aromatic heterocycles. The van der Waals surface area contributed by atoms with E-state index >= 15 is 0 Å². The van der Waals surface area contributed by atoms with E-state index in [1.54, 1.807) is 17.8 Å². The molecule has 0 unspecified atom stereocenters. The summed E-state index contributed by atoms with van der Waals surface area (Å²) in [5.41, 5.74) is 6.73. The standard InChI is InChI=1S/C14H13BrFNOS/c1-19-14-4-2-3-12(10(14)8-17)18-13-6-5-9(16)7-11(13)15/h2-7H,8,17H2,1H3. The van der Waals surface area contributed by atoms with E-state index in [2.05, 4.69) is 15.9 Å². The van der Waals surface area contributed by atoms with E-state index < -0.39 is 0 Å². The van der Waals surface area contributed by atoms with Crippen molar-refractivity contribution in [2.75, 3.05) is 6.26 Å². The highest BCUT2D eigenvalue weighted by Gasteiger charge is 2.10. The van der Waals surface area contributed by atoms with Gasteiger partial charge in [-0.15, -0.1) is 11.8 Å². The van der Waals surface area contributed by atoms with E-state index in [0.717, 1.165) is 10.5 Å². The normalized spacial score (nSPS) is 10.5. The molecule has 0 heterocycles. The lowest BCUT2D eigenvalue weighted by Gasteiger charge is -2.14. The molecular formula is C14H13BrFNOS. The van der Waals surface area contributed by atoms with E-state index in [9.17, 15) is 4.39 Å². The van der Waals surface area contributed by atoms with Crippen molar-refractivity contribution in [3.05, 3.63) is 52.3 Å². The fraction of sp³-hybridized carbons (Fsp3) is 0.143. The smallest absolute Gasteiger partial charge is 0.141 e. The second-order valence-electron chi connectivity index (χ2n) is 3.82. The number of thioether (sulfide) groups is 1. The maximum Gasteiger partial charge on any atom is 0.141 e. The molecule has 100 valence electrons. The number of ether oxygens (including phenoxy) is 1. The Labute approximate surface area is 124 Å². The summed E-state index contributed by atoms with van der Waals surface area (Å²) in [7, 11) is 0. The zero-order chi connectivity index (χ0) is 13.8. The van der Waals surface area contributed by atoms with E-state index in [-0.39, 0.29) is 5.82 Å². The summed E-state index contributed by atoms with van der Waals surface area (Å²) in [5.74, 6) is 0.951. The first-order chi connectivity index (χ1) is 9.15. The van der Waals surface area contributed by atoms with Crippen molar-refractivity contribution in [1.82, 2.24) is 0 Å². The zero-order valence-corrected chi connectivity index (χ0v) is 12.7. The van der Waals surface area contributed by atoms with Crippen molar-refractivity contribution < 1.29 is 9.13 Å². The molecule has 0 aliphatic rings. The van der Waals surface area contributed by atoms with E-state index in [4.69, 9.17) is 10.5 Å². The van der Waals surface area contributed by atoms with Gasteiger partial charge in [-0.2, -0.15) is 0 Å². The van der Waals surface area contributed by atoms with Crippen LogP contribution in [0, 0.1) is 5.82 Å². The lowest BCUT2D eigenvalue weighted by molar-refractivity contribution is 0.469. The summed E-state index contributed by atoms with van der Waals surface area (Å²) >= 11 is 4.90.